The smallest absolute Gasteiger partial charge is 0.410 e. The molecule has 0 radical (unpaired) electrons. The molecule has 0 spiro atoms. The highest BCUT2D eigenvalue weighted by molar-refractivity contribution is 5.68. The average molecular weight is 323 g/mol. The third kappa shape index (κ3) is 5.46. The van der Waals surface area contributed by atoms with Gasteiger partial charge in [-0.25, -0.2) is 9.18 Å². The number of rotatable bonds is 4. The number of carbonyl (C=O) groups excluding carboxylic acids is 1. The van der Waals surface area contributed by atoms with E-state index in [1.165, 1.54) is 12.3 Å². The minimum atomic E-state index is -0.466. The topological polar surface area (TPSA) is 54.5 Å². The van der Waals surface area contributed by atoms with E-state index in [-0.39, 0.29) is 18.0 Å². The van der Waals surface area contributed by atoms with Crippen molar-refractivity contribution in [3.8, 4) is 0 Å². The molecule has 6 heteroatoms. The number of nitrogens with zero attached hydrogens (tertiary/aromatic N) is 2. The summed E-state index contributed by atoms with van der Waals surface area (Å²) in [4.78, 5) is 17.7. The van der Waals surface area contributed by atoms with Crippen molar-refractivity contribution in [3.05, 3.63) is 29.8 Å². The highest BCUT2D eigenvalue weighted by atomic mass is 19.1. The number of carbonyl (C=O) groups is 1. The number of hydrogen-bond donors (Lipinski definition) is 1. The lowest BCUT2D eigenvalue weighted by Gasteiger charge is -2.24. The Labute approximate surface area is 137 Å². The minimum absolute atomic E-state index is 0.0220. The number of aromatic nitrogens is 1. The summed E-state index contributed by atoms with van der Waals surface area (Å²) in [6, 6.07) is 1.51. The lowest BCUT2D eigenvalue weighted by molar-refractivity contribution is 0.0288. The molecule has 0 aliphatic carbocycles. The number of halogens is 1. The molecule has 0 bridgehead atoms. The standard InChI is InChI=1S/C17H26FN3O2/c1-12(14-7-15(18)10-19-9-14)20-8-13-5-6-21(11-13)16(22)23-17(2,3)4/h7,9-10,12-13,20H,5-6,8,11H2,1-4H3. The highest BCUT2D eigenvalue weighted by Gasteiger charge is 2.29. The van der Waals surface area contributed by atoms with Gasteiger partial charge in [-0.2, -0.15) is 0 Å². The van der Waals surface area contributed by atoms with E-state index in [0.29, 0.717) is 12.5 Å². The van der Waals surface area contributed by atoms with Gasteiger partial charge in [0.05, 0.1) is 6.20 Å². The van der Waals surface area contributed by atoms with Crippen LogP contribution in [0.15, 0.2) is 18.5 Å². The van der Waals surface area contributed by atoms with Crippen LogP contribution in [0.1, 0.15) is 45.7 Å². The Bertz CT molecular complexity index is 545. The fraction of sp³-hybridized carbons (Fsp3) is 0.647. The Balaban J connectivity index is 1.78. The van der Waals surface area contributed by atoms with Gasteiger partial charge in [-0.3, -0.25) is 4.98 Å². The number of amides is 1. The van der Waals surface area contributed by atoms with Gasteiger partial charge in [-0.15, -0.1) is 0 Å². The van der Waals surface area contributed by atoms with E-state index in [0.717, 1.165) is 25.1 Å². The van der Waals surface area contributed by atoms with E-state index in [2.05, 4.69) is 10.3 Å². The van der Waals surface area contributed by atoms with Crippen LogP contribution in [0.2, 0.25) is 0 Å². The lowest BCUT2D eigenvalue weighted by atomic mass is 10.1. The zero-order chi connectivity index (χ0) is 17.0. The van der Waals surface area contributed by atoms with Crippen molar-refractivity contribution in [2.75, 3.05) is 19.6 Å². The van der Waals surface area contributed by atoms with Crippen LogP contribution in [-0.4, -0.2) is 41.2 Å². The predicted molar refractivity (Wildman–Crippen MR) is 86.5 cm³/mol. The molecule has 1 aliphatic heterocycles. The van der Waals surface area contributed by atoms with Gasteiger partial charge in [0.15, 0.2) is 0 Å². The van der Waals surface area contributed by atoms with E-state index in [1.807, 2.05) is 27.7 Å². The van der Waals surface area contributed by atoms with Crippen LogP contribution in [0.25, 0.3) is 0 Å². The third-order valence-corrected chi connectivity index (χ3v) is 3.88. The van der Waals surface area contributed by atoms with Gasteiger partial charge in [0.25, 0.3) is 0 Å². The molecule has 1 fully saturated rings. The number of likely N-dealkylation sites (tertiary alicyclic amines) is 1. The molecule has 2 rings (SSSR count). The van der Waals surface area contributed by atoms with Crippen LogP contribution in [-0.2, 0) is 4.74 Å². The molecule has 2 unspecified atom stereocenters. The molecule has 1 aromatic heterocycles. The Morgan fingerprint density at radius 1 is 1.52 bits per heavy atom. The largest absolute Gasteiger partial charge is 0.444 e. The molecule has 128 valence electrons. The molecule has 5 nitrogen and oxygen atoms in total. The first-order chi connectivity index (χ1) is 10.7. The first-order valence-electron chi connectivity index (χ1n) is 8.06. The molecule has 1 saturated heterocycles. The van der Waals surface area contributed by atoms with E-state index < -0.39 is 5.60 Å². The zero-order valence-corrected chi connectivity index (χ0v) is 14.3. The number of hydrogen-bond acceptors (Lipinski definition) is 4. The molecular weight excluding hydrogens is 297 g/mol. The summed E-state index contributed by atoms with van der Waals surface area (Å²) in [6.45, 7) is 9.78. The number of nitrogens with one attached hydrogen (secondary N) is 1. The van der Waals surface area contributed by atoms with Gasteiger partial charge in [-0.1, -0.05) is 0 Å². The Hall–Kier alpha value is -1.69. The van der Waals surface area contributed by atoms with Crippen LogP contribution >= 0.6 is 0 Å². The Morgan fingerprint density at radius 3 is 2.91 bits per heavy atom. The molecule has 0 aromatic carbocycles. The first-order valence-corrected chi connectivity index (χ1v) is 8.06. The van der Waals surface area contributed by atoms with Crippen molar-refractivity contribution in [1.29, 1.82) is 0 Å². The summed E-state index contributed by atoms with van der Waals surface area (Å²) in [5, 5.41) is 3.39. The van der Waals surface area contributed by atoms with Crippen LogP contribution in [0.4, 0.5) is 9.18 Å². The second kappa shape index (κ2) is 7.25. The molecule has 0 saturated carbocycles. The van der Waals surface area contributed by atoms with Crippen LogP contribution < -0.4 is 5.32 Å². The van der Waals surface area contributed by atoms with Crippen molar-refractivity contribution < 1.29 is 13.9 Å². The second-order valence-electron chi connectivity index (χ2n) is 7.15. The summed E-state index contributed by atoms with van der Waals surface area (Å²) < 4.78 is 18.6. The Morgan fingerprint density at radius 2 is 2.26 bits per heavy atom. The maximum absolute atomic E-state index is 13.2. The molecule has 1 aliphatic rings. The van der Waals surface area contributed by atoms with Crippen molar-refractivity contribution in [3.63, 3.8) is 0 Å². The fourth-order valence-electron chi connectivity index (χ4n) is 2.62. The van der Waals surface area contributed by atoms with Gasteiger partial charge in [-0.05, 0) is 51.7 Å². The Kier molecular flexibility index (Phi) is 5.57. The van der Waals surface area contributed by atoms with Crippen molar-refractivity contribution in [2.45, 2.75) is 45.8 Å². The fourth-order valence-corrected chi connectivity index (χ4v) is 2.62. The maximum atomic E-state index is 13.2. The summed E-state index contributed by atoms with van der Waals surface area (Å²) in [5.41, 5.74) is 0.360. The van der Waals surface area contributed by atoms with E-state index >= 15 is 0 Å². The van der Waals surface area contributed by atoms with E-state index in [1.54, 1.807) is 11.1 Å². The van der Waals surface area contributed by atoms with Crippen LogP contribution in [0.5, 0.6) is 0 Å². The number of ether oxygens (including phenoxy) is 1. The van der Waals surface area contributed by atoms with Crippen LogP contribution in [0.3, 0.4) is 0 Å². The lowest BCUT2D eigenvalue weighted by Crippen LogP contribution is -2.36. The molecule has 23 heavy (non-hydrogen) atoms. The van der Waals surface area contributed by atoms with Gasteiger partial charge in [0.1, 0.15) is 11.4 Å². The van der Waals surface area contributed by atoms with E-state index in [4.69, 9.17) is 4.74 Å². The van der Waals surface area contributed by atoms with Crippen molar-refractivity contribution >= 4 is 6.09 Å². The third-order valence-electron chi connectivity index (χ3n) is 3.88. The second-order valence-corrected chi connectivity index (χ2v) is 7.15. The summed E-state index contributed by atoms with van der Waals surface area (Å²) in [5.74, 6) is 0.0552. The maximum Gasteiger partial charge on any atom is 0.410 e. The molecule has 2 atom stereocenters. The van der Waals surface area contributed by atoms with Crippen molar-refractivity contribution in [2.24, 2.45) is 5.92 Å². The average Bonchev–Trinajstić information content (AvgIpc) is 2.92. The first kappa shape index (κ1) is 17.7. The molecule has 1 aromatic rings. The monoisotopic (exact) mass is 323 g/mol. The van der Waals surface area contributed by atoms with Gasteiger partial charge in [0.2, 0.25) is 0 Å². The molecule has 1 amide bonds. The summed E-state index contributed by atoms with van der Waals surface area (Å²) >= 11 is 0. The quantitative estimate of drug-likeness (QED) is 0.925. The van der Waals surface area contributed by atoms with Crippen molar-refractivity contribution in [1.82, 2.24) is 15.2 Å². The van der Waals surface area contributed by atoms with Gasteiger partial charge < -0.3 is 15.0 Å². The highest BCUT2D eigenvalue weighted by Crippen LogP contribution is 2.20. The van der Waals surface area contributed by atoms with Crippen LogP contribution in [0, 0.1) is 11.7 Å². The molecular formula is C17H26FN3O2. The predicted octanol–water partition coefficient (Wildman–Crippen LogP) is 3.13. The minimum Gasteiger partial charge on any atom is -0.444 e. The summed E-state index contributed by atoms with van der Waals surface area (Å²) in [6.07, 6.45) is 3.57. The molecule has 1 N–H and O–H groups in total. The normalized spacial score (nSPS) is 19.7. The van der Waals surface area contributed by atoms with E-state index in [9.17, 15) is 9.18 Å². The SMILES string of the molecule is CC(NCC1CCN(C(=O)OC(C)(C)C)C1)c1cncc(F)c1. The van der Waals surface area contributed by atoms with Gasteiger partial charge in [0, 0.05) is 31.9 Å². The van der Waals surface area contributed by atoms with Gasteiger partial charge >= 0.3 is 6.09 Å². The molecule has 2 heterocycles. The zero-order valence-electron chi connectivity index (χ0n) is 14.3. The summed E-state index contributed by atoms with van der Waals surface area (Å²) in [7, 11) is 0. The number of pyridine rings is 1.